The zero-order chi connectivity index (χ0) is 14.5. The Morgan fingerprint density at radius 1 is 1.30 bits per heavy atom. The lowest BCUT2D eigenvalue weighted by Gasteiger charge is -2.07. The molecule has 2 rings (SSSR count). The lowest BCUT2D eigenvalue weighted by molar-refractivity contribution is 0.102. The van der Waals surface area contributed by atoms with E-state index >= 15 is 0 Å². The minimum Gasteiger partial charge on any atom is -0.319 e. The lowest BCUT2D eigenvalue weighted by Crippen LogP contribution is -2.16. The highest BCUT2D eigenvalue weighted by molar-refractivity contribution is 9.10. The highest BCUT2D eigenvalue weighted by Gasteiger charge is 2.11. The zero-order valence-corrected chi connectivity index (χ0v) is 11.7. The van der Waals surface area contributed by atoms with Gasteiger partial charge in [-0.25, -0.2) is 5.84 Å². The molecule has 7 nitrogen and oxygen atoms in total. The van der Waals surface area contributed by atoms with Crippen molar-refractivity contribution in [3.05, 3.63) is 46.1 Å². The number of hydrazine groups is 1. The Balaban J connectivity index is 2.23. The number of nitriles is 1. The van der Waals surface area contributed by atoms with Crippen LogP contribution >= 0.6 is 15.9 Å². The molecule has 100 valence electrons. The van der Waals surface area contributed by atoms with Crippen LogP contribution in [-0.2, 0) is 0 Å². The van der Waals surface area contributed by atoms with E-state index < -0.39 is 5.91 Å². The summed E-state index contributed by atoms with van der Waals surface area (Å²) < 4.78 is 0.751. The molecule has 4 N–H and O–H groups in total. The first kappa shape index (κ1) is 13.9. The van der Waals surface area contributed by atoms with E-state index in [1.165, 1.54) is 12.1 Å². The third-order valence-corrected chi connectivity index (χ3v) is 2.89. The molecule has 8 heteroatoms. The van der Waals surface area contributed by atoms with Gasteiger partial charge in [-0.1, -0.05) is 15.9 Å². The molecule has 1 aromatic carbocycles. The van der Waals surface area contributed by atoms with Crippen molar-refractivity contribution >= 4 is 33.3 Å². The van der Waals surface area contributed by atoms with Gasteiger partial charge >= 0.3 is 0 Å². The molecule has 2 aromatic rings. The highest BCUT2D eigenvalue weighted by atomic mass is 79.9. The molecule has 0 unspecified atom stereocenters. The van der Waals surface area contributed by atoms with Gasteiger partial charge in [0.05, 0.1) is 11.3 Å². The van der Waals surface area contributed by atoms with Crippen molar-refractivity contribution in [2.24, 2.45) is 5.84 Å². The minimum absolute atomic E-state index is 0.118. The number of hydrogen-bond acceptors (Lipinski definition) is 6. The largest absolute Gasteiger partial charge is 0.319 e. The van der Waals surface area contributed by atoms with Gasteiger partial charge in [0.25, 0.3) is 5.91 Å². The van der Waals surface area contributed by atoms with Crippen LogP contribution in [0.4, 0.5) is 11.5 Å². The smallest absolute Gasteiger partial charge is 0.276 e. The molecule has 1 amide bonds. The maximum Gasteiger partial charge on any atom is 0.276 e. The summed E-state index contributed by atoms with van der Waals surface area (Å²) in [5, 5.41) is 19.0. The maximum absolute atomic E-state index is 12.0. The van der Waals surface area contributed by atoms with Gasteiger partial charge in [-0.15, -0.1) is 10.2 Å². The second-order valence-corrected chi connectivity index (χ2v) is 4.62. The molecule has 0 aliphatic carbocycles. The van der Waals surface area contributed by atoms with Crippen LogP contribution in [0.25, 0.3) is 0 Å². The Morgan fingerprint density at radius 2 is 2.10 bits per heavy atom. The minimum atomic E-state index is -0.462. The van der Waals surface area contributed by atoms with Gasteiger partial charge in [0.1, 0.15) is 6.07 Å². The molecule has 0 bridgehead atoms. The fourth-order valence-corrected chi connectivity index (χ4v) is 1.80. The van der Waals surface area contributed by atoms with Crippen LogP contribution in [0, 0.1) is 11.3 Å². The average molecular weight is 333 g/mol. The highest BCUT2D eigenvalue weighted by Crippen LogP contribution is 2.21. The summed E-state index contributed by atoms with van der Waals surface area (Å²) in [6.07, 6.45) is 0. The summed E-state index contributed by atoms with van der Waals surface area (Å²) in [6.45, 7) is 0. The number of carbonyl (C=O) groups excluding carboxylic acids is 1. The molecule has 0 saturated carbocycles. The standard InChI is InChI=1S/C12H9BrN6O/c13-8-2-1-7(6-14)10(5-8)16-12(20)9-3-4-11(17-15)19-18-9/h1-5H,15H2,(H,16,20)(H,17,19). The SMILES string of the molecule is N#Cc1ccc(Br)cc1NC(=O)c1ccc(NN)nn1. The Labute approximate surface area is 122 Å². The van der Waals surface area contributed by atoms with Gasteiger partial charge in [-0.2, -0.15) is 5.26 Å². The number of nitrogens with zero attached hydrogens (tertiary/aromatic N) is 3. The Morgan fingerprint density at radius 3 is 2.70 bits per heavy atom. The number of rotatable bonds is 3. The normalized spacial score (nSPS) is 9.65. The number of carbonyl (C=O) groups is 1. The summed E-state index contributed by atoms with van der Waals surface area (Å²) >= 11 is 3.28. The molecule has 0 atom stereocenters. The van der Waals surface area contributed by atoms with Gasteiger partial charge in [-0.05, 0) is 30.3 Å². The Bertz CT molecular complexity index is 679. The topological polar surface area (TPSA) is 117 Å². The first-order valence-electron chi connectivity index (χ1n) is 5.45. The van der Waals surface area contributed by atoms with Crippen molar-refractivity contribution in [1.82, 2.24) is 10.2 Å². The quantitative estimate of drug-likeness (QED) is 0.581. The van der Waals surface area contributed by atoms with E-state index in [1.54, 1.807) is 18.2 Å². The van der Waals surface area contributed by atoms with Crippen LogP contribution in [0.5, 0.6) is 0 Å². The van der Waals surface area contributed by atoms with Crippen molar-refractivity contribution in [2.75, 3.05) is 10.7 Å². The fourth-order valence-electron chi connectivity index (χ4n) is 1.43. The zero-order valence-electron chi connectivity index (χ0n) is 10.1. The van der Waals surface area contributed by atoms with Crippen molar-refractivity contribution in [3.63, 3.8) is 0 Å². The lowest BCUT2D eigenvalue weighted by atomic mass is 10.2. The third kappa shape index (κ3) is 3.09. The number of amides is 1. The number of nitrogens with two attached hydrogens (primary N) is 1. The fraction of sp³-hybridized carbons (Fsp3) is 0. The first-order chi connectivity index (χ1) is 9.63. The summed E-state index contributed by atoms with van der Waals surface area (Å²) in [5.41, 5.74) is 3.19. The predicted octanol–water partition coefficient (Wildman–Crippen LogP) is 1.65. The predicted molar refractivity (Wildman–Crippen MR) is 76.7 cm³/mol. The van der Waals surface area contributed by atoms with Crippen LogP contribution in [0.2, 0.25) is 0 Å². The number of halogens is 1. The van der Waals surface area contributed by atoms with Crippen LogP contribution in [0.1, 0.15) is 16.1 Å². The summed E-state index contributed by atoms with van der Waals surface area (Å²) in [4.78, 5) is 12.0. The van der Waals surface area contributed by atoms with Gasteiger partial charge < -0.3 is 10.7 Å². The van der Waals surface area contributed by atoms with Crippen LogP contribution in [-0.4, -0.2) is 16.1 Å². The summed E-state index contributed by atoms with van der Waals surface area (Å²) in [7, 11) is 0. The molecule has 0 saturated heterocycles. The second-order valence-electron chi connectivity index (χ2n) is 3.70. The number of anilines is 2. The van der Waals surface area contributed by atoms with E-state index in [9.17, 15) is 4.79 Å². The molecular weight excluding hydrogens is 324 g/mol. The maximum atomic E-state index is 12.0. The number of nitrogen functional groups attached to an aromatic ring is 1. The number of nitrogens with one attached hydrogen (secondary N) is 2. The van der Waals surface area contributed by atoms with Gasteiger partial charge in [0.2, 0.25) is 0 Å². The van der Waals surface area contributed by atoms with E-state index in [0.29, 0.717) is 17.1 Å². The Hall–Kier alpha value is -2.50. The van der Waals surface area contributed by atoms with Crippen molar-refractivity contribution in [3.8, 4) is 6.07 Å². The number of benzene rings is 1. The van der Waals surface area contributed by atoms with Crippen LogP contribution in [0.15, 0.2) is 34.8 Å². The van der Waals surface area contributed by atoms with E-state index in [0.717, 1.165) is 4.47 Å². The molecule has 0 aliphatic rings. The van der Waals surface area contributed by atoms with Crippen molar-refractivity contribution in [1.29, 1.82) is 5.26 Å². The second kappa shape index (κ2) is 6.10. The summed E-state index contributed by atoms with van der Waals surface area (Å²) in [5.74, 6) is 5.05. The van der Waals surface area contributed by atoms with Crippen molar-refractivity contribution in [2.45, 2.75) is 0 Å². The van der Waals surface area contributed by atoms with Crippen LogP contribution < -0.4 is 16.6 Å². The average Bonchev–Trinajstić information content (AvgIpc) is 2.47. The van der Waals surface area contributed by atoms with E-state index in [1.807, 2.05) is 6.07 Å². The summed E-state index contributed by atoms with van der Waals surface area (Å²) in [6, 6.07) is 9.96. The Kier molecular flexibility index (Phi) is 4.24. The van der Waals surface area contributed by atoms with E-state index in [-0.39, 0.29) is 5.69 Å². The molecular formula is C12H9BrN6O. The van der Waals surface area contributed by atoms with E-state index in [4.69, 9.17) is 11.1 Å². The molecule has 0 spiro atoms. The number of aromatic nitrogens is 2. The molecule has 0 aliphatic heterocycles. The molecule has 1 aromatic heterocycles. The van der Waals surface area contributed by atoms with Crippen molar-refractivity contribution < 1.29 is 4.79 Å². The number of hydrogen-bond donors (Lipinski definition) is 3. The first-order valence-corrected chi connectivity index (χ1v) is 6.24. The molecule has 1 heterocycles. The van der Waals surface area contributed by atoms with E-state index in [2.05, 4.69) is 36.9 Å². The molecule has 0 radical (unpaired) electrons. The van der Waals surface area contributed by atoms with Gasteiger partial charge in [-0.3, -0.25) is 4.79 Å². The monoisotopic (exact) mass is 332 g/mol. The third-order valence-electron chi connectivity index (χ3n) is 2.40. The van der Waals surface area contributed by atoms with Gasteiger partial charge in [0.15, 0.2) is 11.5 Å². The van der Waals surface area contributed by atoms with Gasteiger partial charge in [0, 0.05) is 4.47 Å². The van der Waals surface area contributed by atoms with Crippen LogP contribution in [0.3, 0.4) is 0 Å². The molecule has 20 heavy (non-hydrogen) atoms. The molecule has 0 fully saturated rings.